The summed E-state index contributed by atoms with van der Waals surface area (Å²) in [7, 11) is 0. The van der Waals surface area contributed by atoms with Crippen LogP contribution < -0.4 is 10.1 Å². The van der Waals surface area contributed by atoms with Crippen molar-refractivity contribution in [1.82, 2.24) is 15.3 Å². The predicted molar refractivity (Wildman–Crippen MR) is 85.6 cm³/mol. The molecule has 0 aromatic carbocycles. The lowest BCUT2D eigenvalue weighted by molar-refractivity contribution is 0.0936. The molecule has 1 aliphatic rings. The number of ether oxygens (including phenoxy) is 1. The third-order valence-corrected chi connectivity index (χ3v) is 3.89. The molecule has 2 heterocycles. The first-order chi connectivity index (χ1) is 11.1. The van der Waals surface area contributed by atoms with Gasteiger partial charge in [-0.05, 0) is 40.9 Å². The summed E-state index contributed by atoms with van der Waals surface area (Å²) in [6.07, 6.45) is 2.97. The molecule has 3 rings (SSSR count). The van der Waals surface area contributed by atoms with Crippen LogP contribution in [0.1, 0.15) is 28.9 Å². The van der Waals surface area contributed by atoms with E-state index in [0.717, 1.165) is 5.56 Å². The Bertz CT molecular complexity index is 766. The maximum absolute atomic E-state index is 12.0. The Balaban J connectivity index is 1.59. The Morgan fingerprint density at radius 2 is 2.22 bits per heavy atom. The summed E-state index contributed by atoms with van der Waals surface area (Å²) in [5, 5.41) is 11.7. The highest BCUT2D eigenvalue weighted by Crippen LogP contribution is 2.34. The number of halogens is 1. The topological polar surface area (TPSA) is 87.9 Å². The van der Waals surface area contributed by atoms with Gasteiger partial charge in [0.2, 0.25) is 5.88 Å². The van der Waals surface area contributed by atoms with E-state index < -0.39 is 5.54 Å². The number of nitrogens with one attached hydrogen (secondary N) is 1. The number of carbonyl (C=O) groups excluding carboxylic acids is 1. The smallest absolute Gasteiger partial charge is 0.271 e. The highest BCUT2D eigenvalue weighted by Gasteiger charge is 2.44. The average Bonchev–Trinajstić information content (AvgIpc) is 3.33. The molecule has 1 aliphatic carbocycles. The molecule has 2 aromatic heterocycles. The van der Waals surface area contributed by atoms with Gasteiger partial charge in [0.05, 0.1) is 6.07 Å². The minimum Gasteiger partial charge on any atom is -0.473 e. The third kappa shape index (κ3) is 3.85. The average molecular weight is 373 g/mol. The number of rotatable bonds is 5. The molecule has 6 nitrogen and oxygen atoms in total. The van der Waals surface area contributed by atoms with Gasteiger partial charge in [-0.15, -0.1) is 0 Å². The summed E-state index contributed by atoms with van der Waals surface area (Å²) in [6, 6.07) is 10.9. The number of hydrogen-bond acceptors (Lipinski definition) is 5. The zero-order valence-electron chi connectivity index (χ0n) is 12.1. The summed E-state index contributed by atoms with van der Waals surface area (Å²) < 4.78 is 6.26. The highest BCUT2D eigenvalue weighted by atomic mass is 79.9. The molecule has 0 atom stereocenters. The van der Waals surface area contributed by atoms with Crippen molar-refractivity contribution in [1.29, 1.82) is 5.26 Å². The van der Waals surface area contributed by atoms with Crippen LogP contribution in [0.25, 0.3) is 0 Å². The molecular weight excluding hydrogens is 360 g/mol. The van der Waals surface area contributed by atoms with E-state index in [2.05, 4.69) is 37.3 Å². The fraction of sp³-hybridized carbons (Fsp3) is 0.250. The number of pyridine rings is 2. The molecule has 2 aromatic rings. The van der Waals surface area contributed by atoms with E-state index in [1.807, 2.05) is 12.1 Å². The van der Waals surface area contributed by atoms with Crippen LogP contribution in [-0.2, 0) is 6.61 Å². The van der Waals surface area contributed by atoms with Gasteiger partial charge in [-0.25, -0.2) is 4.98 Å². The molecule has 0 saturated heterocycles. The lowest BCUT2D eigenvalue weighted by atomic mass is 10.2. The second kappa shape index (κ2) is 6.34. The molecule has 7 heteroatoms. The number of hydrogen-bond donors (Lipinski definition) is 1. The third-order valence-electron chi connectivity index (χ3n) is 3.45. The molecule has 0 aliphatic heterocycles. The Labute approximate surface area is 141 Å². The fourth-order valence-electron chi connectivity index (χ4n) is 1.94. The molecular formula is C16H13BrN4O2. The number of amides is 1. The monoisotopic (exact) mass is 372 g/mol. The molecule has 1 N–H and O–H groups in total. The van der Waals surface area contributed by atoms with Crippen LogP contribution in [0.3, 0.4) is 0 Å². The van der Waals surface area contributed by atoms with Crippen LogP contribution in [0.2, 0.25) is 0 Å². The first-order valence-corrected chi connectivity index (χ1v) is 7.84. The highest BCUT2D eigenvalue weighted by molar-refractivity contribution is 9.10. The summed E-state index contributed by atoms with van der Waals surface area (Å²) in [4.78, 5) is 20.3. The lowest BCUT2D eigenvalue weighted by Crippen LogP contribution is -2.36. The number of nitriles is 1. The summed E-state index contributed by atoms with van der Waals surface area (Å²) in [6.45, 7) is 0.306. The first-order valence-electron chi connectivity index (χ1n) is 7.04. The van der Waals surface area contributed by atoms with Crippen LogP contribution >= 0.6 is 15.9 Å². The van der Waals surface area contributed by atoms with Crippen molar-refractivity contribution in [3.63, 3.8) is 0 Å². The van der Waals surface area contributed by atoms with Crippen LogP contribution in [0.15, 0.2) is 41.1 Å². The normalized spacial score (nSPS) is 14.6. The predicted octanol–water partition coefficient (Wildman–Crippen LogP) is 2.60. The molecule has 1 amide bonds. The Morgan fingerprint density at radius 1 is 1.39 bits per heavy atom. The zero-order valence-corrected chi connectivity index (χ0v) is 13.7. The Morgan fingerprint density at radius 3 is 2.83 bits per heavy atom. The van der Waals surface area contributed by atoms with Gasteiger partial charge in [0.1, 0.15) is 22.4 Å². The summed E-state index contributed by atoms with van der Waals surface area (Å²) in [5.41, 5.74) is 0.424. The van der Waals surface area contributed by atoms with Crippen molar-refractivity contribution in [3.8, 4) is 11.9 Å². The van der Waals surface area contributed by atoms with E-state index in [4.69, 9.17) is 10.00 Å². The first kappa shape index (κ1) is 15.4. The van der Waals surface area contributed by atoms with Crippen molar-refractivity contribution < 1.29 is 9.53 Å². The van der Waals surface area contributed by atoms with Gasteiger partial charge >= 0.3 is 0 Å². The number of carbonyl (C=O) groups is 1. The molecule has 0 unspecified atom stereocenters. The minimum atomic E-state index is -0.688. The number of nitrogens with zero attached hydrogens (tertiary/aromatic N) is 3. The van der Waals surface area contributed by atoms with Crippen molar-refractivity contribution in [3.05, 3.63) is 52.4 Å². The van der Waals surface area contributed by atoms with E-state index in [0.29, 0.717) is 29.9 Å². The van der Waals surface area contributed by atoms with Crippen LogP contribution in [0, 0.1) is 11.3 Å². The van der Waals surface area contributed by atoms with Gasteiger partial charge in [0.15, 0.2) is 0 Å². The van der Waals surface area contributed by atoms with Crippen molar-refractivity contribution in [2.75, 3.05) is 0 Å². The van der Waals surface area contributed by atoms with E-state index >= 15 is 0 Å². The second-order valence-corrected chi connectivity index (χ2v) is 6.10. The molecule has 23 heavy (non-hydrogen) atoms. The van der Waals surface area contributed by atoms with Gasteiger partial charge in [-0.2, -0.15) is 5.26 Å². The minimum absolute atomic E-state index is 0.288. The van der Waals surface area contributed by atoms with Crippen molar-refractivity contribution >= 4 is 21.8 Å². The lowest BCUT2D eigenvalue weighted by Gasteiger charge is -2.09. The van der Waals surface area contributed by atoms with Gasteiger partial charge in [-0.3, -0.25) is 9.78 Å². The molecule has 0 bridgehead atoms. The quantitative estimate of drug-likeness (QED) is 0.814. The molecule has 1 fully saturated rings. The molecule has 0 spiro atoms. The molecule has 0 radical (unpaired) electrons. The Kier molecular flexibility index (Phi) is 4.26. The van der Waals surface area contributed by atoms with Crippen LogP contribution in [0.5, 0.6) is 5.88 Å². The van der Waals surface area contributed by atoms with Crippen molar-refractivity contribution in [2.45, 2.75) is 25.0 Å². The fourth-order valence-corrected chi connectivity index (χ4v) is 2.27. The number of aromatic nitrogens is 2. The van der Waals surface area contributed by atoms with Crippen LogP contribution in [-0.4, -0.2) is 21.4 Å². The summed E-state index contributed by atoms with van der Waals surface area (Å²) in [5.74, 6) is 0.177. The van der Waals surface area contributed by atoms with E-state index in [1.165, 1.54) is 0 Å². The van der Waals surface area contributed by atoms with E-state index in [9.17, 15) is 4.79 Å². The standard InChI is InChI=1S/C16H13BrN4O2/c17-13-2-1-3-14(20-13)23-9-11-4-5-12(19-8-11)15(22)21-16(10-18)6-7-16/h1-5,8H,6-7,9H2,(H,21,22). The second-order valence-electron chi connectivity index (χ2n) is 5.29. The van der Waals surface area contributed by atoms with Gasteiger partial charge in [-0.1, -0.05) is 12.1 Å². The van der Waals surface area contributed by atoms with E-state index in [1.54, 1.807) is 24.4 Å². The largest absolute Gasteiger partial charge is 0.473 e. The van der Waals surface area contributed by atoms with Crippen LogP contribution in [0.4, 0.5) is 0 Å². The summed E-state index contributed by atoms with van der Waals surface area (Å²) >= 11 is 3.28. The maximum Gasteiger partial charge on any atom is 0.271 e. The van der Waals surface area contributed by atoms with E-state index in [-0.39, 0.29) is 11.6 Å². The Hall–Kier alpha value is -2.46. The van der Waals surface area contributed by atoms with Gasteiger partial charge in [0, 0.05) is 17.8 Å². The van der Waals surface area contributed by atoms with Gasteiger partial charge < -0.3 is 10.1 Å². The zero-order chi connectivity index (χ0) is 16.3. The van der Waals surface area contributed by atoms with Gasteiger partial charge in [0.25, 0.3) is 5.91 Å². The SMILES string of the molecule is N#CC1(NC(=O)c2ccc(COc3cccc(Br)n3)cn2)CC1. The molecule has 116 valence electrons. The van der Waals surface area contributed by atoms with Crippen molar-refractivity contribution in [2.24, 2.45) is 0 Å². The maximum atomic E-state index is 12.0. The molecule has 1 saturated carbocycles.